The maximum atomic E-state index is 8.86. The molecule has 2 unspecified atom stereocenters. The van der Waals surface area contributed by atoms with Crippen LogP contribution in [0.1, 0.15) is 12.2 Å². The van der Waals surface area contributed by atoms with E-state index in [1.807, 2.05) is 0 Å². The molecule has 2 atom stereocenters. The third-order valence-corrected chi connectivity index (χ3v) is 2.49. The summed E-state index contributed by atoms with van der Waals surface area (Å²) < 4.78 is 0. The molecule has 0 bridgehead atoms. The van der Waals surface area contributed by atoms with Crippen LogP contribution in [0.3, 0.4) is 0 Å². The first-order chi connectivity index (χ1) is 6.69. The van der Waals surface area contributed by atoms with Gasteiger partial charge in [-0.3, -0.25) is 0 Å². The largest absolute Gasteiger partial charge is 0.396 e. The molecule has 2 rings (SSSR count). The van der Waals surface area contributed by atoms with Gasteiger partial charge in [-0.15, -0.1) is 0 Å². The first-order valence-corrected chi connectivity index (χ1v) is 4.95. The number of aromatic nitrogens is 2. The molecule has 0 aliphatic heterocycles. The SMILES string of the molecule is Cc1nc(Cl)cc(NC2CC2CO)n1. The monoisotopic (exact) mass is 213 g/mol. The lowest BCUT2D eigenvalue weighted by Crippen LogP contribution is -2.08. The summed E-state index contributed by atoms with van der Waals surface area (Å²) in [7, 11) is 0. The lowest BCUT2D eigenvalue weighted by Gasteiger charge is -2.05. The summed E-state index contributed by atoms with van der Waals surface area (Å²) in [5, 5.41) is 12.5. The molecule has 4 nitrogen and oxygen atoms in total. The molecule has 0 spiro atoms. The number of hydrogen-bond acceptors (Lipinski definition) is 4. The fourth-order valence-electron chi connectivity index (χ4n) is 1.42. The minimum Gasteiger partial charge on any atom is -0.396 e. The summed E-state index contributed by atoms with van der Waals surface area (Å²) in [6.45, 7) is 2.03. The average molecular weight is 214 g/mol. The number of hydrogen-bond donors (Lipinski definition) is 2. The number of nitrogens with zero attached hydrogens (tertiary/aromatic N) is 2. The summed E-state index contributed by atoms with van der Waals surface area (Å²) in [4.78, 5) is 8.16. The Morgan fingerprint density at radius 1 is 1.64 bits per heavy atom. The molecular weight excluding hydrogens is 202 g/mol. The van der Waals surface area contributed by atoms with Gasteiger partial charge in [0.1, 0.15) is 16.8 Å². The van der Waals surface area contributed by atoms with Crippen LogP contribution in [0.4, 0.5) is 5.82 Å². The number of nitrogens with one attached hydrogen (secondary N) is 1. The highest BCUT2D eigenvalue weighted by molar-refractivity contribution is 6.29. The number of rotatable bonds is 3. The van der Waals surface area contributed by atoms with E-state index in [2.05, 4.69) is 15.3 Å². The van der Waals surface area contributed by atoms with Gasteiger partial charge in [0.25, 0.3) is 0 Å². The van der Waals surface area contributed by atoms with Gasteiger partial charge in [0, 0.05) is 24.6 Å². The van der Waals surface area contributed by atoms with Gasteiger partial charge in [-0.1, -0.05) is 11.6 Å². The summed E-state index contributed by atoms with van der Waals surface area (Å²) in [5.74, 6) is 1.76. The molecule has 1 fully saturated rings. The van der Waals surface area contributed by atoms with Crippen molar-refractivity contribution in [3.05, 3.63) is 17.0 Å². The number of aliphatic hydroxyl groups is 1. The molecule has 1 heterocycles. The molecule has 0 radical (unpaired) electrons. The second-order valence-corrected chi connectivity index (χ2v) is 3.94. The minimum absolute atomic E-state index is 0.232. The van der Waals surface area contributed by atoms with Gasteiger partial charge in [-0.2, -0.15) is 0 Å². The fourth-order valence-corrected chi connectivity index (χ4v) is 1.65. The Hall–Kier alpha value is -0.870. The van der Waals surface area contributed by atoms with Crippen molar-refractivity contribution in [3.63, 3.8) is 0 Å². The maximum absolute atomic E-state index is 8.86. The van der Waals surface area contributed by atoms with Crippen LogP contribution >= 0.6 is 11.6 Å². The van der Waals surface area contributed by atoms with Crippen molar-refractivity contribution in [2.75, 3.05) is 11.9 Å². The molecule has 2 N–H and O–H groups in total. The van der Waals surface area contributed by atoms with Gasteiger partial charge in [0.15, 0.2) is 0 Å². The van der Waals surface area contributed by atoms with Crippen molar-refractivity contribution < 1.29 is 5.11 Å². The predicted octanol–water partition coefficient (Wildman–Crippen LogP) is 1.23. The summed E-state index contributed by atoms with van der Waals surface area (Å²) in [6.07, 6.45) is 0.997. The van der Waals surface area contributed by atoms with E-state index >= 15 is 0 Å². The Morgan fingerprint density at radius 3 is 3.00 bits per heavy atom. The van der Waals surface area contributed by atoms with E-state index in [4.69, 9.17) is 16.7 Å². The topological polar surface area (TPSA) is 58.0 Å². The van der Waals surface area contributed by atoms with Crippen molar-refractivity contribution >= 4 is 17.4 Å². The maximum Gasteiger partial charge on any atom is 0.134 e. The Bertz CT molecular complexity index is 325. The van der Waals surface area contributed by atoms with Crippen molar-refractivity contribution in [1.82, 2.24) is 9.97 Å². The van der Waals surface area contributed by atoms with E-state index in [1.165, 1.54) is 0 Å². The minimum atomic E-state index is 0.232. The normalized spacial score (nSPS) is 24.8. The van der Waals surface area contributed by atoms with Gasteiger partial charge in [-0.25, -0.2) is 9.97 Å². The van der Waals surface area contributed by atoms with Gasteiger partial charge in [-0.05, 0) is 13.3 Å². The van der Waals surface area contributed by atoms with Crippen molar-refractivity contribution in [2.24, 2.45) is 5.92 Å². The molecular formula is C9H12ClN3O. The van der Waals surface area contributed by atoms with Crippen LogP contribution in [0.15, 0.2) is 6.07 Å². The summed E-state index contributed by atoms with van der Waals surface area (Å²) in [5.41, 5.74) is 0. The summed E-state index contributed by atoms with van der Waals surface area (Å²) in [6, 6.07) is 2.03. The molecule has 0 amide bonds. The molecule has 14 heavy (non-hydrogen) atoms. The third-order valence-electron chi connectivity index (χ3n) is 2.30. The van der Waals surface area contributed by atoms with Crippen molar-refractivity contribution in [3.8, 4) is 0 Å². The van der Waals surface area contributed by atoms with Crippen LogP contribution in [0.5, 0.6) is 0 Å². The quantitative estimate of drug-likeness (QED) is 0.742. The summed E-state index contributed by atoms with van der Waals surface area (Å²) >= 11 is 5.78. The van der Waals surface area contributed by atoms with Gasteiger partial charge < -0.3 is 10.4 Å². The third kappa shape index (κ3) is 2.13. The predicted molar refractivity (Wildman–Crippen MR) is 54.4 cm³/mol. The number of aliphatic hydroxyl groups excluding tert-OH is 1. The lowest BCUT2D eigenvalue weighted by atomic mass is 10.4. The van der Waals surface area contributed by atoms with E-state index in [-0.39, 0.29) is 6.61 Å². The zero-order valence-corrected chi connectivity index (χ0v) is 8.62. The highest BCUT2D eigenvalue weighted by Crippen LogP contribution is 2.32. The molecule has 1 aliphatic carbocycles. The number of halogens is 1. The van der Waals surface area contributed by atoms with Crippen molar-refractivity contribution in [1.29, 1.82) is 0 Å². The Balaban J connectivity index is 2.03. The standard InChI is InChI=1S/C9H12ClN3O/c1-5-11-8(10)3-9(12-5)13-7-2-6(7)4-14/h3,6-7,14H,2,4H2,1H3,(H,11,12,13). The Morgan fingerprint density at radius 2 is 2.43 bits per heavy atom. The molecule has 0 aromatic carbocycles. The molecule has 1 aromatic rings. The van der Waals surface area contributed by atoms with Crippen LogP contribution in [-0.4, -0.2) is 27.7 Å². The van der Waals surface area contributed by atoms with Crippen LogP contribution in [0.25, 0.3) is 0 Å². The number of aryl methyl sites for hydroxylation is 1. The molecule has 5 heteroatoms. The van der Waals surface area contributed by atoms with E-state index in [1.54, 1.807) is 13.0 Å². The molecule has 76 valence electrons. The Kier molecular flexibility index (Phi) is 2.56. The highest BCUT2D eigenvalue weighted by Gasteiger charge is 2.36. The van der Waals surface area contributed by atoms with E-state index < -0.39 is 0 Å². The molecule has 1 aliphatic rings. The number of anilines is 1. The molecule has 1 saturated carbocycles. The first kappa shape index (κ1) is 9.68. The van der Waals surface area contributed by atoms with Crippen LogP contribution in [-0.2, 0) is 0 Å². The van der Waals surface area contributed by atoms with Gasteiger partial charge in [0.05, 0.1) is 0 Å². The second kappa shape index (κ2) is 3.71. The molecule has 0 saturated heterocycles. The van der Waals surface area contributed by atoms with Gasteiger partial charge >= 0.3 is 0 Å². The lowest BCUT2D eigenvalue weighted by molar-refractivity contribution is 0.275. The zero-order valence-electron chi connectivity index (χ0n) is 7.87. The smallest absolute Gasteiger partial charge is 0.134 e. The van der Waals surface area contributed by atoms with Crippen LogP contribution in [0, 0.1) is 12.8 Å². The van der Waals surface area contributed by atoms with Gasteiger partial charge in [0.2, 0.25) is 0 Å². The average Bonchev–Trinajstić information content (AvgIpc) is 2.81. The van der Waals surface area contributed by atoms with Crippen LogP contribution < -0.4 is 5.32 Å². The first-order valence-electron chi connectivity index (χ1n) is 4.57. The zero-order chi connectivity index (χ0) is 10.1. The van der Waals surface area contributed by atoms with Crippen molar-refractivity contribution in [2.45, 2.75) is 19.4 Å². The van der Waals surface area contributed by atoms with E-state index in [0.717, 1.165) is 12.2 Å². The fraction of sp³-hybridized carbons (Fsp3) is 0.556. The second-order valence-electron chi connectivity index (χ2n) is 3.55. The molecule has 1 aromatic heterocycles. The van der Waals surface area contributed by atoms with Crippen LogP contribution in [0.2, 0.25) is 5.15 Å². The van der Waals surface area contributed by atoms with E-state index in [9.17, 15) is 0 Å². The Labute approximate surface area is 87.3 Å². The highest BCUT2D eigenvalue weighted by atomic mass is 35.5. The van der Waals surface area contributed by atoms with E-state index in [0.29, 0.717) is 22.9 Å².